The van der Waals surface area contributed by atoms with E-state index in [1.807, 2.05) is 22.9 Å². The number of nitro groups is 1. The molecule has 168 valence electrons. The van der Waals surface area contributed by atoms with Crippen LogP contribution in [-0.2, 0) is 11.3 Å². The van der Waals surface area contributed by atoms with Crippen LogP contribution in [0.15, 0.2) is 63.7 Å². The number of hydrogen-bond acceptors (Lipinski definition) is 8. The van der Waals surface area contributed by atoms with Gasteiger partial charge in [0.15, 0.2) is 5.16 Å². The van der Waals surface area contributed by atoms with Gasteiger partial charge < -0.3 is 5.32 Å². The summed E-state index contributed by atoms with van der Waals surface area (Å²) in [6, 6.07) is 8.49. The number of nitro benzene ring substituents is 1. The maximum absolute atomic E-state index is 13.3. The van der Waals surface area contributed by atoms with Gasteiger partial charge in [0.1, 0.15) is 10.5 Å². The smallest absolute Gasteiger partial charge is 0.293 e. The van der Waals surface area contributed by atoms with Gasteiger partial charge in [0, 0.05) is 28.4 Å². The van der Waals surface area contributed by atoms with Crippen molar-refractivity contribution < 1.29 is 9.72 Å². The number of anilines is 1. The Morgan fingerprint density at radius 1 is 1.36 bits per heavy atom. The zero-order chi connectivity index (χ0) is 23.5. The second kappa shape index (κ2) is 9.69. The summed E-state index contributed by atoms with van der Waals surface area (Å²) in [5, 5.41) is 18.7. The predicted molar refractivity (Wildman–Crippen MR) is 135 cm³/mol. The number of nitrogens with zero attached hydrogens (tertiary/aromatic N) is 3. The molecule has 0 aliphatic carbocycles. The Bertz CT molecular complexity index is 1420. The summed E-state index contributed by atoms with van der Waals surface area (Å²) in [4.78, 5) is 42.8. The summed E-state index contributed by atoms with van der Waals surface area (Å²) in [6.07, 6.45) is 1.60. The summed E-state index contributed by atoms with van der Waals surface area (Å²) in [7, 11) is 0. The molecule has 0 fully saturated rings. The van der Waals surface area contributed by atoms with E-state index in [0.717, 1.165) is 27.8 Å². The first-order valence-corrected chi connectivity index (χ1v) is 12.5. The summed E-state index contributed by atoms with van der Waals surface area (Å²) in [6.45, 7) is 5.71. The minimum atomic E-state index is -0.533. The van der Waals surface area contributed by atoms with E-state index in [2.05, 4.69) is 16.9 Å². The molecule has 0 radical (unpaired) electrons. The van der Waals surface area contributed by atoms with Crippen molar-refractivity contribution in [3.63, 3.8) is 0 Å². The van der Waals surface area contributed by atoms with Crippen LogP contribution in [0.3, 0.4) is 0 Å². The van der Waals surface area contributed by atoms with Crippen molar-refractivity contribution in [3.8, 4) is 10.4 Å². The second-order valence-electron chi connectivity index (χ2n) is 7.02. The van der Waals surface area contributed by atoms with Gasteiger partial charge in [-0.1, -0.05) is 30.0 Å². The SMILES string of the molecule is C=CCn1c(SCC(=O)Nc2ccc(C)cc2[N+](=O)[O-])nc2scc(-c3cccs3)c2c1=O. The van der Waals surface area contributed by atoms with Gasteiger partial charge in [0.05, 0.1) is 16.1 Å². The van der Waals surface area contributed by atoms with Crippen molar-refractivity contribution >= 4 is 61.9 Å². The molecule has 0 aliphatic heterocycles. The molecular weight excluding hydrogens is 480 g/mol. The average molecular weight is 499 g/mol. The molecule has 0 saturated carbocycles. The number of aromatic nitrogens is 2. The minimum absolute atomic E-state index is 0.0662. The molecule has 4 aromatic rings. The average Bonchev–Trinajstić information content (AvgIpc) is 3.45. The molecule has 1 N–H and O–H groups in total. The molecule has 4 rings (SSSR count). The van der Waals surface area contributed by atoms with Gasteiger partial charge in [0.25, 0.3) is 11.2 Å². The van der Waals surface area contributed by atoms with Crippen LogP contribution in [0, 0.1) is 17.0 Å². The van der Waals surface area contributed by atoms with E-state index in [0.29, 0.717) is 15.4 Å². The van der Waals surface area contributed by atoms with Gasteiger partial charge in [-0.2, -0.15) is 0 Å². The highest BCUT2D eigenvalue weighted by molar-refractivity contribution is 7.99. The van der Waals surface area contributed by atoms with Crippen LogP contribution >= 0.6 is 34.4 Å². The number of amides is 1. The minimum Gasteiger partial charge on any atom is -0.320 e. The van der Waals surface area contributed by atoms with Crippen molar-refractivity contribution in [1.82, 2.24) is 9.55 Å². The standard InChI is InChI=1S/C22H18N4O4S3/c1-3-8-25-21(28)19-14(17-5-4-9-31-17)11-32-20(19)24-22(25)33-12-18(27)23-15-7-6-13(2)10-16(15)26(29)30/h3-7,9-11H,1,8,12H2,2H3,(H,23,27). The lowest BCUT2D eigenvalue weighted by Crippen LogP contribution is -2.23. The van der Waals surface area contributed by atoms with Crippen LogP contribution in [0.4, 0.5) is 11.4 Å². The Kier molecular flexibility index (Phi) is 6.72. The van der Waals surface area contributed by atoms with Gasteiger partial charge in [-0.15, -0.1) is 29.3 Å². The number of nitrogens with one attached hydrogen (secondary N) is 1. The summed E-state index contributed by atoms with van der Waals surface area (Å²) in [5.41, 5.74) is 1.33. The van der Waals surface area contributed by atoms with E-state index in [1.165, 1.54) is 28.0 Å². The number of aryl methyl sites for hydroxylation is 1. The molecule has 0 bridgehead atoms. The number of fused-ring (bicyclic) bond motifs is 1. The molecule has 3 heterocycles. The lowest BCUT2D eigenvalue weighted by Gasteiger charge is -2.11. The Labute approximate surface area is 200 Å². The molecule has 8 nitrogen and oxygen atoms in total. The first-order valence-electron chi connectivity index (χ1n) is 9.73. The monoisotopic (exact) mass is 498 g/mol. The Hall–Kier alpha value is -3.28. The zero-order valence-corrected chi connectivity index (χ0v) is 19.9. The topological polar surface area (TPSA) is 107 Å². The number of hydrogen-bond donors (Lipinski definition) is 1. The Morgan fingerprint density at radius 2 is 2.18 bits per heavy atom. The lowest BCUT2D eigenvalue weighted by atomic mass is 10.2. The number of carbonyl (C=O) groups is 1. The first-order chi connectivity index (χ1) is 15.9. The fourth-order valence-electron chi connectivity index (χ4n) is 3.23. The largest absolute Gasteiger partial charge is 0.320 e. The van der Waals surface area contributed by atoms with E-state index >= 15 is 0 Å². The van der Waals surface area contributed by atoms with Crippen molar-refractivity contribution in [2.24, 2.45) is 0 Å². The first kappa shape index (κ1) is 22.9. The highest BCUT2D eigenvalue weighted by atomic mass is 32.2. The molecule has 1 amide bonds. The molecule has 0 saturated heterocycles. The van der Waals surface area contributed by atoms with Crippen LogP contribution in [0.5, 0.6) is 0 Å². The van der Waals surface area contributed by atoms with Crippen LogP contribution in [0.25, 0.3) is 20.7 Å². The molecule has 3 aromatic heterocycles. The zero-order valence-electron chi connectivity index (χ0n) is 17.4. The third-order valence-corrected chi connectivity index (χ3v) is 7.47. The Balaban J connectivity index is 1.61. The van der Waals surface area contributed by atoms with Gasteiger partial charge in [0.2, 0.25) is 5.91 Å². The van der Waals surface area contributed by atoms with Crippen LogP contribution in [0.1, 0.15) is 5.56 Å². The number of thioether (sulfide) groups is 1. The number of rotatable bonds is 8. The summed E-state index contributed by atoms with van der Waals surface area (Å²) in [5.74, 6) is -0.500. The van der Waals surface area contributed by atoms with E-state index in [9.17, 15) is 19.7 Å². The fourth-order valence-corrected chi connectivity index (χ4v) is 5.85. The highest BCUT2D eigenvalue weighted by Gasteiger charge is 2.20. The van der Waals surface area contributed by atoms with Crippen molar-refractivity contribution in [2.75, 3.05) is 11.1 Å². The molecule has 0 spiro atoms. The molecule has 0 atom stereocenters. The van der Waals surface area contributed by atoms with Gasteiger partial charge >= 0.3 is 0 Å². The van der Waals surface area contributed by atoms with Crippen LogP contribution in [-0.4, -0.2) is 26.1 Å². The van der Waals surface area contributed by atoms with E-state index < -0.39 is 10.8 Å². The van der Waals surface area contributed by atoms with Crippen molar-refractivity contribution in [2.45, 2.75) is 18.6 Å². The molecule has 0 unspecified atom stereocenters. The third-order valence-electron chi connectivity index (χ3n) is 4.71. The van der Waals surface area contributed by atoms with Gasteiger partial charge in [-0.25, -0.2) is 4.98 Å². The normalized spacial score (nSPS) is 10.9. The highest BCUT2D eigenvalue weighted by Crippen LogP contribution is 2.34. The van der Waals surface area contributed by atoms with Crippen molar-refractivity contribution in [3.05, 3.63) is 79.8 Å². The molecule has 0 aliphatic rings. The summed E-state index contributed by atoms with van der Waals surface area (Å²) < 4.78 is 1.49. The quantitative estimate of drug-likeness (QED) is 0.116. The lowest BCUT2D eigenvalue weighted by molar-refractivity contribution is -0.384. The number of allylic oxidation sites excluding steroid dienone is 1. The third kappa shape index (κ3) is 4.75. The molecule has 33 heavy (non-hydrogen) atoms. The number of benzene rings is 1. The Morgan fingerprint density at radius 3 is 2.88 bits per heavy atom. The molecule has 1 aromatic carbocycles. The van der Waals surface area contributed by atoms with E-state index in [1.54, 1.807) is 30.4 Å². The number of thiophene rings is 2. The van der Waals surface area contributed by atoms with Gasteiger partial charge in [-0.05, 0) is 30.0 Å². The predicted octanol–water partition coefficient (Wildman–Crippen LogP) is 5.32. The van der Waals surface area contributed by atoms with Gasteiger partial charge in [-0.3, -0.25) is 24.3 Å². The maximum Gasteiger partial charge on any atom is 0.293 e. The van der Waals surface area contributed by atoms with Crippen LogP contribution in [0.2, 0.25) is 0 Å². The number of carbonyl (C=O) groups excluding carboxylic acids is 1. The second-order valence-corrected chi connectivity index (χ2v) is 9.77. The maximum atomic E-state index is 13.3. The van der Waals surface area contributed by atoms with E-state index in [4.69, 9.17) is 0 Å². The summed E-state index contributed by atoms with van der Waals surface area (Å²) >= 11 is 4.03. The van der Waals surface area contributed by atoms with E-state index in [-0.39, 0.29) is 29.2 Å². The fraction of sp³-hybridized carbons (Fsp3) is 0.136. The molecular formula is C22H18N4O4S3. The molecule has 11 heteroatoms. The van der Waals surface area contributed by atoms with Crippen molar-refractivity contribution in [1.29, 1.82) is 0 Å². The van der Waals surface area contributed by atoms with Crippen LogP contribution < -0.4 is 10.9 Å².